The van der Waals surface area contributed by atoms with Crippen LogP contribution in [0.15, 0.2) is 42.5 Å². The predicted octanol–water partition coefficient (Wildman–Crippen LogP) is 3.23. The number of hydrazine groups is 1. The van der Waals surface area contributed by atoms with E-state index in [0.29, 0.717) is 0 Å². The average molecular weight is 280 g/mol. The van der Waals surface area contributed by atoms with E-state index in [1.807, 2.05) is 0 Å². The highest BCUT2D eigenvalue weighted by Crippen LogP contribution is 2.73. The maximum absolute atomic E-state index is 3.79. The van der Waals surface area contributed by atoms with Crippen LogP contribution in [0.5, 0.6) is 0 Å². The summed E-state index contributed by atoms with van der Waals surface area (Å²) in [6, 6.07) is 11.1. The van der Waals surface area contributed by atoms with Gasteiger partial charge in [-0.05, 0) is 42.6 Å². The van der Waals surface area contributed by atoms with Gasteiger partial charge in [-0.1, -0.05) is 56.3 Å². The molecule has 0 spiro atoms. The molecule has 4 aliphatic rings. The molecule has 2 nitrogen and oxygen atoms in total. The summed E-state index contributed by atoms with van der Waals surface area (Å²) in [5.74, 6) is 2.99. The zero-order valence-corrected chi connectivity index (χ0v) is 13.1. The van der Waals surface area contributed by atoms with E-state index in [9.17, 15) is 0 Å². The number of fused-ring (bicyclic) bond motifs is 9. The van der Waals surface area contributed by atoms with Crippen molar-refractivity contribution in [3.8, 4) is 0 Å². The molecule has 21 heavy (non-hydrogen) atoms. The lowest BCUT2D eigenvalue weighted by Crippen LogP contribution is -2.59. The normalized spacial score (nSPS) is 51.6. The standard InChI is InChI=1S/C19H24N2/c1-17(2)18(3)15-12-9-10-13(11-12)16(15)19(17,21-20-18)14-7-5-4-6-8-14/h4-10,12-13,15-16,20-21H,11H2,1-3H3/t12-,13+,15+,16-,18+,19-/m1/s1. The van der Waals surface area contributed by atoms with E-state index >= 15 is 0 Å². The lowest BCUT2D eigenvalue weighted by Gasteiger charge is -2.44. The zero-order chi connectivity index (χ0) is 14.5. The fourth-order valence-electron chi connectivity index (χ4n) is 6.48. The van der Waals surface area contributed by atoms with Gasteiger partial charge in [-0.25, -0.2) is 5.43 Å². The van der Waals surface area contributed by atoms with Crippen LogP contribution in [0.2, 0.25) is 0 Å². The quantitative estimate of drug-likeness (QED) is 0.609. The van der Waals surface area contributed by atoms with Gasteiger partial charge in [0.1, 0.15) is 0 Å². The Labute approximate surface area is 127 Å². The van der Waals surface area contributed by atoms with E-state index in [0.717, 1.165) is 23.7 Å². The molecular formula is C19H24N2. The summed E-state index contributed by atoms with van der Waals surface area (Å²) in [5, 5.41) is 0. The van der Waals surface area contributed by atoms with E-state index in [1.54, 1.807) is 0 Å². The van der Waals surface area contributed by atoms with Crippen molar-refractivity contribution in [2.75, 3.05) is 0 Å². The van der Waals surface area contributed by atoms with Crippen LogP contribution in [-0.4, -0.2) is 5.54 Å². The molecule has 3 aliphatic carbocycles. The molecule has 1 saturated heterocycles. The minimum absolute atomic E-state index is 0.0534. The molecule has 1 aliphatic heterocycles. The first-order valence-electron chi connectivity index (χ1n) is 8.30. The molecule has 3 fully saturated rings. The molecule has 1 aromatic rings. The summed E-state index contributed by atoms with van der Waals surface area (Å²) in [6.45, 7) is 7.37. The summed E-state index contributed by atoms with van der Waals surface area (Å²) in [7, 11) is 0. The Morgan fingerprint density at radius 2 is 1.57 bits per heavy atom. The molecule has 2 N–H and O–H groups in total. The molecule has 0 aromatic heterocycles. The number of hydrogen-bond donors (Lipinski definition) is 2. The summed E-state index contributed by atoms with van der Waals surface area (Å²) >= 11 is 0. The molecular weight excluding hydrogens is 256 g/mol. The number of nitrogens with one attached hydrogen (secondary N) is 2. The summed E-state index contributed by atoms with van der Waals surface area (Å²) in [5.41, 5.74) is 9.39. The van der Waals surface area contributed by atoms with Crippen LogP contribution >= 0.6 is 0 Å². The Morgan fingerprint density at radius 1 is 0.905 bits per heavy atom. The van der Waals surface area contributed by atoms with Gasteiger partial charge in [-0.15, -0.1) is 0 Å². The number of rotatable bonds is 1. The van der Waals surface area contributed by atoms with Gasteiger partial charge in [-0.3, -0.25) is 5.43 Å². The molecule has 2 heteroatoms. The number of allylic oxidation sites excluding steroid dienone is 2. The Hall–Kier alpha value is -1.12. The molecule has 6 atom stereocenters. The average Bonchev–Trinajstić information content (AvgIpc) is 3.17. The highest BCUT2D eigenvalue weighted by Gasteiger charge is 2.79. The monoisotopic (exact) mass is 280 g/mol. The topological polar surface area (TPSA) is 24.1 Å². The zero-order valence-electron chi connectivity index (χ0n) is 13.1. The Kier molecular flexibility index (Phi) is 2.04. The van der Waals surface area contributed by atoms with Gasteiger partial charge in [0.25, 0.3) is 0 Å². The van der Waals surface area contributed by atoms with Gasteiger partial charge in [0.15, 0.2) is 0 Å². The van der Waals surface area contributed by atoms with Gasteiger partial charge in [0, 0.05) is 11.0 Å². The molecule has 110 valence electrons. The lowest BCUT2D eigenvalue weighted by atomic mass is 9.63. The van der Waals surface area contributed by atoms with E-state index in [1.165, 1.54) is 12.0 Å². The minimum atomic E-state index is 0.0534. The third-order valence-corrected chi connectivity index (χ3v) is 7.66. The first-order valence-corrected chi connectivity index (χ1v) is 8.30. The molecule has 1 heterocycles. The van der Waals surface area contributed by atoms with E-state index < -0.39 is 0 Å². The minimum Gasteiger partial charge on any atom is -0.250 e. The van der Waals surface area contributed by atoms with E-state index in [4.69, 9.17) is 0 Å². The Balaban J connectivity index is 1.79. The second-order valence-corrected chi connectivity index (χ2v) is 8.25. The van der Waals surface area contributed by atoms with Crippen LogP contribution in [-0.2, 0) is 5.54 Å². The van der Waals surface area contributed by atoms with Crippen molar-refractivity contribution in [2.45, 2.75) is 38.3 Å². The summed E-state index contributed by atoms with van der Waals surface area (Å²) < 4.78 is 0. The van der Waals surface area contributed by atoms with Gasteiger partial charge in [0.05, 0.1) is 5.54 Å². The SMILES string of the molecule is CC1(C)[C@@]2(C)NN[C@]1(c1ccccc1)[C@H]1[C@@H]2[C@@H]2C=C[C@H]1C2. The first-order chi connectivity index (χ1) is 10.0. The third kappa shape index (κ3) is 1.07. The van der Waals surface area contributed by atoms with Crippen molar-refractivity contribution in [3.05, 3.63) is 48.0 Å². The van der Waals surface area contributed by atoms with Crippen LogP contribution < -0.4 is 10.9 Å². The molecule has 4 bridgehead atoms. The van der Waals surface area contributed by atoms with Crippen LogP contribution in [0, 0.1) is 29.1 Å². The van der Waals surface area contributed by atoms with Crippen molar-refractivity contribution in [1.82, 2.24) is 10.9 Å². The van der Waals surface area contributed by atoms with Gasteiger partial charge < -0.3 is 0 Å². The number of benzene rings is 1. The van der Waals surface area contributed by atoms with Crippen LogP contribution in [0.3, 0.4) is 0 Å². The smallest absolute Gasteiger partial charge is 0.0678 e. The Morgan fingerprint density at radius 3 is 2.29 bits per heavy atom. The predicted molar refractivity (Wildman–Crippen MR) is 84.3 cm³/mol. The van der Waals surface area contributed by atoms with Crippen LogP contribution in [0.4, 0.5) is 0 Å². The van der Waals surface area contributed by atoms with Gasteiger partial charge >= 0.3 is 0 Å². The maximum atomic E-state index is 3.79. The fourth-order valence-corrected chi connectivity index (χ4v) is 6.48. The van der Waals surface area contributed by atoms with Crippen LogP contribution in [0.25, 0.3) is 0 Å². The third-order valence-electron chi connectivity index (χ3n) is 7.66. The fraction of sp³-hybridized carbons (Fsp3) is 0.579. The molecule has 2 saturated carbocycles. The molecule has 5 rings (SSSR count). The second kappa shape index (κ2) is 3.44. The molecule has 1 aromatic carbocycles. The van der Waals surface area contributed by atoms with Crippen molar-refractivity contribution in [1.29, 1.82) is 0 Å². The highest BCUT2D eigenvalue weighted by atomic mass is 15.5. The summed E-state index contributed by atoms with van der Waals surface area (Å²) in [6.07, 6.45) is 6.35. The van der Waals surface area contributed by atoms with Crippen LogP contribution in [0.1, 0.15) is 32.8 Å². The first kappa shape index (κ1) is 12.4. The van der Waals surface area contributed by atoms with Gasteiger partial charge in [-0.2, -0.15) is 0 Å². The van der Waals surface area contributed by atoms with E-state index in [2.05, 4.69) is 74.1 Å². The van der Waals surface area contributed by atoms with Crippen molar-refractivity contribution < 1.29 is 0 Å². The van der Waals surface area contributed by atoms with Crippen molar-refractivity contribution in [2.24, 2.45) is 29.1 Å². The van der Waals surface area contributed by atoms with E-state index in [-0.39, 0.29) is 16.5 Å². The molecule has 0 radical (unpaired) electrons. The molecule has 0 unspecified atom stereocenters. The largest absolute Gasteiger partial charge is 0.250 e. The second-order valence-electron chi connectivity index (χ2n) is 8.25. The highest BCUT2D eigenvalue weighted by molar-refractivity contribution is 5.43. The summed E-state index contributed by atoms with van der Waals surface area (Å²) in [4.78, 5) is 0. The van der Waals surface area contributed by atoms with Crippen molar-refractivity contribution in [3.63, 3.8) is 0 Å². The maximum Gasteiger partial charge on any atom is 0.0678 e. The lowest BCUT2D eigenvalue weighted by molar-refractivity contribution is 0.106. The Bertz CT molecular complexity index is 634. The molecule has 0 amide bonds. The van der Waals surface area contributed by atoms with Crippen molar-refractivity contribution >= 4 is 0 Å². The number of hydrogen-bond acceptors (Lipinski definition) is 2. The van der Waals surface area contributed by atoms with Gasteiger partial charge in [0.2, 0.25) is 0 Å².